The SMILES string of the molecule is CNC(C)CCCSc1ccc2c(c1)CCC2. The molecule has 0 heterocycles. The molecule has 0 fully saturated rings. The van der Waals surface area contributed by atoms with Gasteiger partial charge in [-0.2, -0.15) is 0 Å². The summed E-state index contributed by atoms with van der Waals surface area (Å²) in [6, 6.07) is 7.70. The third kappa shape index (κ3) is 3.75. The summed E-state index contributed by atoms with van der Waals surface area (Å²) in [5, 5.41) is 3.29. The van der Waals surface area contributed by atoms with Gasteiger partial charge in [0.15, 0.2) is 0 Å². The zero-order valence-corrected chi connectivity index (χ0v) is 11.8. The van der Waals surface area contributed by atoms with Crippen molar-refractivity contribution in [1.82, 2.24) is 5.32 Å². The predicted octanol–water partition coefficient (Wildman–Crippen LogP) is 3.66. The zero-order valence-electron chi connectivity index (χ0n) is 11.0. The number of thioether (sulfide) groups is 1. The number of nitrogens with one attached hydrogen (secondary N) is 1. The lowest BCUT2D eigenvalue weighted by Gasteiger charge is -2.09. The van der Waals surface area contributed by atoms with Gasteiger partial charge >= 0.3 is 0 Å². The van der Waals surface area contributed by atoms with Crippen LogP contribution in [-0.4, -0.2) is 18.8 Å². The standard InChI is InChI=1S/C15H23NS/c1-12(16-2)5-4-10-17-15-9-8-13-6-3-7-14(13)11-15/h8-9,11-12,16H,3-7,10H2,1-2H3. The summed E-state index contributed by atoms with van der Waals surface area (Å²) in [4.78, 5) is 1.46. The van der Waals surface area contributed by atoms with Gasteiger partial charge in [-0.3, -0.25) is 0 Å². The molecule has 1 aromatic carbocycles. The van der Waals surface area contributed by atoms with Crippen molar-refractivity contribution in [2.75, 3.05) is 12.8 Å². The minimum absolute atomic E-state index is 0.649. The van der Waals surface area contributed by atoms with Gasteiger partial charge in [0.05, 0.1) is 0 Å². The van der Waals surface area contributed by atoms with E-state index in [2.05, 4.69) is 30.4 Å². The lowest BCUT2D eigenvalue weighted by molar-refractivity contribution is 0.559. The molecule has 0 spiro atoms. The molecule has 2 rings (SSSR count). The van der Waals surface area contributed by atoms with Crippen LogP contribution in [-0.2, 0) is 12.8 Å². The Labute approximate surface area is 109 Å². The van der Waals surface area contributed by atoms with Crippen LogP contribution in [0.5, 0.6) is 0 Å². The van der Waals surface area contributed by atoms with Crippen molar-refractivity contribution in [1.29, 1.82) is 0 Å². The topological polar surface area (TPSA) is 12.0 Å². The highest BCUT2D eigenvalue weighted by molar-refractivity contribution is 7.99. The highest BCUT2D eigenvalue weighted by Gasteiger charge is 2.10. The molecule has 1 aliphatic rings. The van der Waals surface area contributed by atoms with Crippen LogP contribution in [0.15, 0.2) is 23.1 Å². The maximum absolute atomic E-state index is 3.29. The van der Waals surface area contributed by atoms with E-state index in [0.29, 0.717) is 6.04 Å². The van der Waals surface area contributed by atoms with Gasteiger partial charge in [0.1, 0.15) is 0 Å². The molecule has 1 aliphatic carbocycles. The Morgan fingerprint density at radius 3 is 2.94 bits per heavy atom. The minimum Gasteiger partial charge on any atom is -0.317 e. The summed E-state index contributed by atoms with van der Waals surface area (Å²) >= 11 is 2.01. The Morgan fingerprint density at radius 2 is 2.12 bits per heavy atom. The molecule has 0 aromatic heterocycles. The first-order valence-corrected chi connectivity index (χ1v) is 7.70. The fourth-order valence-corrected chi connectivity index (χ4v) is 3.30. The molecule has 1 atom stereocenters. The molecule has 0 bridgehead atoms. The summed E-state index contributed by atoms with van der Waals surface area (Å²) in [6.07, 6.45) is 6.50. The smallest absolute Gasteiger partial charge is 0.00748 e. The van der Waals surface area contributed by atoms with Crippen molar-refractivity contribution in [3.05, 3.63) is 29.3 Å². The van der Waals surface area contributed by atoms with Crippen LogP contribution in [0, 0.1) is 0 Å². The number of hydrogen-bond acceptors (Lipinski definition) is 2. The first kappa shape index (κ1) is 13.0. The van der Waals surface area contributed by atoms with E-state index in [1.807, 2.05) is 18.8 Å². The molecule has 0 amide bonds. The molecule has 2 heteroatoms. The van der Waals surface area contributed by atoms with E-state index in [9.17, 15) is 0 Å². The van der Waals surface area contributed by atoms with Crippen molar-refractivity contribution in [2.45, 2.75) is 50.0 Å². The highest BCUT2D eigenvalue weighted by Crippen LogP contribution is 2.28. The van der Waals surface area contributed by atoms with Crippen LogP contribution < -0.4 is 5.32 Å². The van der Waals surface area contributed by atoms with Crippen molar-refractivity contribution in [3.8, 4) is 0 Å². The summed E-state index contributed by atoms with van der Waals surface area (Å²) in [5.74, 6) is 1.24. The van der Waals surface area contributed by atoms with Gasteiger partial charge in [0.25, 0.3) is 0 Å². The number of fused-ring (bicyclic) bond motifs is 1. The molecule has 94 valence electrons. The molecule has 0 radical (unpaired) electrons. The Balaban J connectivity index is 1.76. The third-order valence-electron chi connectivity index (χ3n) is 3.61. The maximum Gasteiger partial charge on any atom is 0.00748 e. The van der Waals surface area contributed by atoms with Crippen LogP contribution in [0.3, 0.4) is 0 Å². The van der Waals surface area contributed by atoms with Crippen LogP contribution in [0.25, 0.3) is 0 Å². The van der Waals surface area contributed by atoms with E-state index < -0.39 is 0 Å². The van der Waals surface area contributed by atoms with E-state index in [1.54, 1.807) is 11.1 Å². The summed E-state index contributed by atoms with van der Waals surface area (Å²) in [7, 11) is 2.04. The van der Waals surface area contributed by atoms with E-state index in [0.717, 1.165) is 0 Å². The van der Waals surface area contributed by atoms with Crippen molar-refractivity contribution < 1.29 is 0 Å². The quantitative estimate of drug-likeness (QED) is 0.610. The van der Waals surface area contributed by atoms with Crippen LogP contribution in [0.1, 0.15) is 37.3 Å². The van der Waals surface area contributed by atoms with Crippen LogP contribution in [0.4, 0.5) is 0 Å². The molecule has 1 aromatic rings. The van der Waals surface area contributed by atoms with E-state index in [1.165, 1.54) is 42.8 Å². The number of benzene rings is 1. The third-order valence-corrected chi connectivity index (χ3v) is 4.69. The minimum atomic E-state index is 0.649. The van der Waals surface area contributed by atoms with E-state index in [4.69, 9.17) is 0 Å². The van der Waals surface area contributed by atoms with Gasteiger partial charge in [0.2, 0.25) is 0 Å². The van der Waals surface area contributed by atoms with Gasteiger partial charge in [-0.1, -0.05) is 6.07 Å². The monoisotopic (exact) mass is 249 g/mol. The molecule has 0 saturated carbocycles. The predicted molar refractivity (Wildman–Crippen MR) is 76.9 cm³/mol. The Kier molecular flexibility index (Phi) is 4.93. The van der Waals surface area contributed by atoms with Crippen molar-refractivity contribution in [2.24, 2.45) is 0 Å². The van der Waals surface area contributed by atoms with Crippen LogP contribution in [0.2, 0.25) is 0 Å². The number of hydrogen-bond donors (Lipinski definition) is 1. The highest BCUT2D eigenvalue weighted by atomic mass is 32.2. The van der Waals surface area contributed by atoms with Crippen molar-refractivity contribution in [3.63, 3.8) is 0 Å². The fourth-order valence-electron chi connectivity index (χ4n) is 2.36. The number of rotatable bonds is 6. The van der Waals surface area contributed by atoms with Gasteiger partial charge in [-0.15, -0.1) is 11.8 Å². The second-order valence-electron chi connectivity index (χ2n) is 4.96. The van der Waals surface area contributed by atoms with Crippen molar-refractivity contribution >= 4 is 11.8 Å². The van der Waals surface area contributed by atoms with Gasteiger partial charge in [-0.05, 0) is 75.1 Å². The first-order valence-electron chi connectivity index (χ1n) is 6.71. The molecule has 0 aliphatic heterocycles. The normalized spacial score (nSPS) is 15.9. The molecule has 1 nitrogen and oxygen atoms in total. The van der Waals surface area contributed by atoms with E-state index in [-0.39, 0.29) is 0 Å². The van der Waals surface area contributed by atoms with E-state index >= 15 is 0 Å². The molecular weight excluding hydrogens is 226 g/mol. The summed E-state index contributed by atoms with van der Waals surface area (Å²) in [6.45, 7) is 2.25. The average molecular weight is 249 g/mol. The average Bonchev–Trinajstić information content (AvgIpc) is 2.81. The molecular formula is C15H23NS. The Morgan fingerprint density at radius 1 is 1.29 bits per heavy atom. The second-order valence-corrected chi connectivity index (χ2v) is 6.13. The van der Waals surface area contributed by atoms with Crippen LogP contribution >= 0.6 is 11.8 Å². The second kappa shape index (κ2) is 6.46. The van der Waals surface area contributed by atoms with Gasteiger partial charge in [-0.25, -0.2) is 0 Å². The molecule has 0 saturated heterocycles. The zero-order chi connectivity index (χ0) is 12.1. The Hall–Kier alpha value is -0.470. The Bertz CT molecular complexity index is 362. The molecule has 1 unspecified atom stereocenters. The summed E-state index contributed by atoms with van der Waals surface area (Å²) < 4.78 is 0. The lowest BCUT2D eigenvalue weighted by atomic mass is 10.1. The largest absolute Gasteiger partial charge is 0.317 e. The van der Waals surface area contributed by atoms with Gasteiger partial charge in [0, 0.05) is 10.9 Å². The number of aryl methyl sites for hydroxylation is 2. The molecule has 17 heavy (non-hydrogen) atoms. The lowest BCUT2D eigenvalue weighted by Crippen LogP contribution is -2.20. The van der Waals surface area contributed by atoms with Gasteiger partial charge < -0.3 is 5.32 Å². The summed E-state index contributed by atoms with van der Waals surface area (Å²) in [5.41, 5.74) is 3.18. The maximum atomic E-state index is 3.29. The molecule has 1 N–H and O–H groups in total. The fraction of sp³-hybridized carbons (Fsp3) is 0.600. The first-order chi connectivity index (χ1) is 8.29.